The van der Waals surface area contributed by atoms with Crippen LogP contribution in [0.2, 0.25) is 0 Å². The molecule has 2 N–H and O–H groups in total. The van der Waals surface area contributed by atoms with E-state index >= 15 is 0 Å². The second-order valence-corrected chi connectivity index (χ2v) is 10.5. The fourth-order valence-electron chi connectivity index (χ4n) is 6.03. The molecule has 0 saturated carbocycles. The van der Waals surface area contributed by atoms with Crippen LogP contribution in [-0.2, 0) is 6.54 Å². The normalized spacial score (nSPS) is 18.5. The van der Waals surface area contributed by atoms with Gasteiger partial charge < -0.3 is 10.6 Å². The second kappa shape index (κ2) is 9.20. The van der Waals surface area contributed by atoms with Crippen LogP contribution in [0.25, 0.3) is 11.3 Å². The van der Waals surface area contributed by atoms with Gasteiger partial charge in [-0.25, -0.2) is 4.68 Å². The summed E-state index contributed by atoms with van der Waals surface area (Å²) in [5.41, 5.74) is 10.9. The van der Waals surface area contributed by atoms with E-state index in [2.05, 4.69) is 63.1 Å². The first kappa shape index (κ1) is 23.0. The van der Waals surface area contributed by atoms with E-state index in [4.69, 9.17) is 10.7 Å². The molecule has 188 valence electrons. The number of benzene rings is 1. The Morgan fingerprint density at radius 1 is 0.972 bits per heavy atom. The Morgan fingerprint density at radius 2 is 1.81 bits per heavy atom. The van der Waals surface area contributed by atoms with Gasteiger partial charge in [-0.3, -0.25) is 4.90 Å². The molecule has 0 atom stereocenters. The first-order chi connectivity index (χ1) is 17.5. The zero-order valence-corrected chi connectivity index (χ0v) is 21.2. The fourth-order valence-corrected chi connectivity index (χ4v) is 6.03. The molecular formula is C27H35N9. The van der Waals surface area contributed by atoms with Crippen molar-refractivity contribution < 1.29 is 0 Å². The van der Waals surface area contributed by atoms with Gasteiger partial charge in [0.15, 0.2) is 5.65 Å². The van der Waals surface area contributed by atoms with E-state index in [1.807, 2.05) is 29.3 Å². The molecule has 1 spiro atoms. The number of likely N-dealkylation sites (tertiary alicyclic amines) is 1. The van der Waals surface area contributed by atoms with Crippen LogP contribution in [0.1, 0.15) is 63.0 Å². The van der Waals surface area contributed by atoms with Crippen LogP contribution in [0.5, 0.6) is 0 Å². The molecular weight excluding hydrogens is 450 g/mol. The number of hydrogen-bond donors (Lipinski definition) is 1. The van der Waals surface area contributed by atoms with Gasteiger partial charge in [0, 0.05) is 43.1 Å². The van der Waals surface area contributed by atoms with Crippen molar-refractivity contribution in [1.82, 2.24) is 34.3 Å². The number of rotatable bonds is 5. The minimum absolute atomic E-state index is 0.210. The van der Waals surface area contributed by atoms with Gasteiger partial charge in [-0.15, -0.1) is 0 Å². The summed E-state index contributed by atoms with van der Waals surface area (Å²) in [6.07, 6.45) is 11.7. The third-order valence-electron chi connectivity index (χ3n) is 8.10. The van der Waals surface area contributed by atoms with Gasteiger partial charge in [0.25, 0.3) is 0 Å². The summed E-state index contributed by atoms with van der Waals surface area (Å²) < 4.78 is 3.64. The summed E-state index contributed by atoms with van der Waals surface area (Å²) in [6.45, 7) is 8.25. The highest BCUT2D eigenvalue weighted by Gasteiger charge is 2.42. The van der Waals surface area contributed by atoms with E-state index < -0.39 is 0 Å². The van der Waals surface area contributed by atoms with Crippen molar-refractivity contribution in [3.8, 4) is 5.69 Å². The Bertz CT molecular complexity index is 1330. The van der Waals surface area contributed by atoms with Crippen LogP contribution in [-0.4, -0.2) is 59.4 Å². The molecule has 6 rings (SSSR count). The van der Waals surface area contributed by atoms with E-state index in [-0.39, 0.29) is 5.54 Å². The molecule has 3 aromatic heterocycles. The van der Waals surface area contributed by atoms with E-state index in [9.17, 15) is 0 Å². The van der Waals surface area contributed by atoms with Crippen molar-refractivity contribution in [2.75, 3.05) is 30.3 Å². The lowest BCUT2D eigenvalue weighted by Crippen LogP contribution is -2.57. The Kier molecular flexibility index (Phi) is 5.87. The van der Waals surface area contributed by atoms with Crippen molar-refractivity contribution >= 4 is 17.5 Å². The smallest absolute Gasteiger partial charge is 0.230 e. The number of nitrogens with two attached hydrogens (primary N) is 1. The van der Waals surface area contributed by atoms with Gasteiger partial charge >= 0.3 is 0 Å². The average molecular weight is 486 g/mol. The lowest BCUT2D eigenvalue weighted by Gasteiger charge is -2.51. The minimum Gasteiger partial charge on any atom is -0.368 e. The predicted octanol–water partition coefficient (Wildman–Crippen LogP) is 4.04. The van der Waals surface area contributed by atoms with Crippen LogP contribution in [0.3, 0.4) is 0 Å². The third-order valence-corrected chi connectivity index (χ3v) is 8.10. The molecule has 5 heterocycles. The first-order valence-corrected chi connectivity index (χ1v) is 13.1. The monoisotopic (exact) mass is 485 g/mol. The van der Waals surface area contributed by atoms with Crippen molar-refractivity contribution in [2.45, 2.75) is 64.0 Å². The highest BCUT2D eigenvalue weighted by atomic mass is 15.4. The Labute approximate surface area is 211 Å². The first-order valence-electron chi connectivity index (χ1n) is 13.1. The molecule has 2 aliphatic rings. The second-order valence-electron chi connectivity index (χ2n) is 10.5. The summed E-state index contributed by atoms with van der Waals surface area (Å²) in [5.74, 6) is 1.45. The van der Waals surface area contributed by atoms with E-state index in [1.165, 1.54) is 30.5 Å². The summed E-state index contributed by atoms with van der Waals surface area (Å²) >= 11 is 0. The maximum Gasteiger partial charge on any atom is 0.230 e. The highest BCUT2D eigenvalue weighted by molar-refractivity contribution is 5.55. The zero-order chi connectivity index (χ0) is 24.7. The van der Waals surface area contributed by atoms with Gasteiger partial charge in [-0.05, 0) is 55.8 Å². The predicted molar refractivity (Wildman–Crippen MR) is 141 cm³/mol. The standard InChI is InChI=1S/C27H35N9/c1-20(2)22-18-30-36-24(22)31-26(32-25(36)28)33-16-11-27(12-17-33)10-5-6-14-34(27)19-21-8-3-4-9-23(21)35-15-7-13-29-35/h3-4,7-9,13,15,18,20H,5-6,10-12,14,16-17,19H2,1-2H3,(H2,28,31,32). The summed E-state index contributed by atoms with van der Waals surface area (Å²) in [5, 5.41) is 8.90. The van der Waals surface area contributed by atoms with Crippen LogP contribution < -0.4 is 10.6 Å². The van der Waals surface area contributed by atoms with E-state index in [0.29, 0.717) is 11.9 Å². The molecule has 2 fully saturated rings. The van der Waals surface area contributed by atoms with Crippen molar-refractivity contribution in [1.29, 1.82) is 0 Å². The Hall–Kier alpha value is -3.46. The average Bonchev–Trinajstić information content (AvgIpc) is 3.57. The fraction of sp³-hybridized carbons (Fsp3) is 0.481. The quantitative estimate of drug-likeness (QED) is 0.456. The van der Waals surface area contributed by atoms with Crippen LogP contribution in [0.15, 0.2) is 48.9 Å². The molecule has 0 bridgehead atoms. The maximum atomic E-state index is 6.28. The van der Waals surface area contributed by atoms with Crippen LogP contribution in [0.4, 0.5) is 11.9 Å². The largest absolute Gasteiger partial charge is 0.368 e. The molecule has 9 nitrogen and oxygen atoms in total. The third kappa shape index (κ3) is 4.01. The number of aromatic nitrogens is 6. The van der Waals surface area contributed by atoms with Gasteiger partial charge in [-0.1, -0.05) is 38.5 Å². The van der Waals surface area contributed by atoms with Crippen LogP contribution in [0, 0.1) is 0 Å². The molecule has 1 aromatic carbocycles. The molecule has 0 unspecified atom stereocenters. The topological polar surface area (TPSA) is 93.4 Å². The maximum absolute atomic E-state index is 6.28. The van der Waals surface area contributed by atoms with Crippen molar-refractivity contribution in [3.05, 3.63) is 60.0 Å². The molecule has 0 radical (unpaired) electrons. The van der Waals surface area contributed by atoms with Crippen LogP contribution >= 0.6 is 0 Å². The molecule has 2 aliphatic heterocycles. The zero-order valence-electron chi connectivity index (χ0n) is 21.2. The van der Waals surface area contributed by atoms with Crippen molar-refractivity contribution in [2.24, 2.45) is 0 Å². The number of piperidine rings is 2. The van der Waals surface area contributed by atoms with E-state index in [1.54, 1.807) is 4.52 Å². The highest BCUT2D eigenvalue weighted by Crippen LogP contribution is 2.39. The Balaban J connectivity index is 1.23. The molecule has 0 amide bonds. The number of fused-ring (bicyclic) bond motifs is 1. The molecule has 4 aromatic rings. The van der Waals surface area contributed by atoms with Gasteiger partial charge in [-0.2, -0.15) is 24.7 Å². The minimum atomic E-state index is 0.210. The summed E-state index contributed by atoms with van der Waals surface area (Å²) in [6, 6.07) is 10.6. The SMILES string of the molecule is CC(C)c1cnn2c(N)nc(N3CCC4(CCCCN4Cc4ccccc4-n4cccn4)CC3)nc12. The molecule has 36 heavy (non-hydrogen) atoms. The molecule has 0 aliphatic carbocycles. The number of anilines is 2. The number of hydrogen-bond acceptors (Lipinski definition) is 7. The van der Waals surface area contributed by atoms with Crippen molar-refractivity contribution in [3.63, 3.8) is 0 Å². The number of nitrogens with zero attached hydrogens (tertiary/aromatic N) is 8. The number of para-hydroxylation sites is 1. The Morgan fingerprint density at radius 3 is 2.58 bits per heavy atom. The van der Waals surface area contributed by atoms with E-state index in [0.717, 1.165) is 56.2 Å². The summed E-state index contributed by atoms with van der Waals surface area (Å²) in [4.78, 5) is 14.6. The summed E-state index contributed by atoms with van der Waals surface area (Å²) in [7, 11) is 0. The molecule has 9 heteroatoms. The van der Waals surface area contributed by atoms with Gasteiger partial charge in [0.05, 0.1) is 11.9 Å². The lowest BCUT2D eigenvalue weighted by molar-refractivity contribution is 0.0182. The molecule has 2 saturated heterocycles. The lowest BCUT2D eigenvalue weighted by atomic mass is 9.78. The number of nitrogen functional groups attached to an aromatic ring is 1. The van der Waals surface area contributed by atoms with Gasteiger partial charge in [0.2, 0.25) is 11.9 Å². The van der Waals surface area contributed by atoms with Gasteiger partial charge in [0.1, 0.15) is 0 Å².